The lowest BCUT2D eigenvalue weighted by Crippen LogP contribution is -2.50. The predicted molar refractivity (Wildman–Crippen MR) is 71.2 cm³/mol. The highest BCUT2D eigenvalue weighted by Gasteiger charge is 2.25. The maximum atomic E-state index is 9.43. The lowest BCUT2D eigenvalue weighted by Gasteiger charge is -2.34. The zero-order valence-corrected chi connectivity index (χ0v) is 11.4. The molecule has 0 amide bonds. The van der Waals surface area contributed by atoms with E-state index in [1.54, 1.807) is 0 Å². The molecule has 0 radical (unpaired) electrons. The van der Waals surface area contributed by atoms with Gasteiger partial charge in [0.15, 0.2) is 0 Å². The molecule has 98 valence electrons. The average molecular weight is 251 g/mol. The molecular formula is C12H27ClN2O. The van der Waals surface area contributed by atoms with Crippen LogP contribution in [-0.2, 0) is 0 Å². The Labute approximate surface area is 106 Å². The number of aliphatic hydroxyl groups excluding tert-OH is 1. The molecule has 1 aliphatic rings. The van der Waals surface area contributed by atoms with Gasteiger partial charge in [-0.05, 0) is 51.2 Å². The Bertz CT molecular complexity index is 160. The molecule has 1 saturated heterocycles. The van der Waals surface area contributed by atoms with E-state index in [2.05, 4.69) is 24.5 Å². The van der Waals surface area contributed by atoms with Crippen molar-refractivity contribution in [2.75, 3.05) is 26.2 Å². The Balaban J connectivity index is 0.00000225. The fraction of sp³-hybridized carbons (Fsp3) is 1.00. The number of halogens is 1. The van der Waals surface area contributed by atoms with E-state index in [0.29, 0.717) is 0 Å². The SMILES string of the molecule is CCC(CC)(CO)NCC1CCNCC1.Cl. The van der Waals surface area contributed by atoms with Crippen molar-refractivity contribution in [3.63, 3.8) is 0 Å². The van der Waals surface area contributed by atoms with Crippen molar-refractivity contribution in [2.45, 2.75) is 45.1 Å². The maximum Gasteiger partial charge on any atom is 0.0613 e. The summed E-state index contributed by atoms with van der Waals surface area (Å²) in [6, 6.07) is 0. The molecule has 0 aliphatic carbocycles. The van der Waals surface area contributed by atoms with Crippen LogP contribution in [0.2, 0.25) is 0 Å². The van der Waals surface area contributed by atoms with E-state index in [9.17, 15) is 5.11 Å². The van der Waals surface area contributed by atoms with Crippen LogP contribution >= 0.6 is 12.4 Å². The van der Waals surface area contributed by atoms with Gasteiger partial charge >= 0.3 is 0 Å². The van der Waals surface area contributed by atoms with Crippen molar-refractivity contribution in [1.29, 1.82) is 0 Å². The lowest BCUT2D eigenvalue weighted by atomic mass is 9.91. The average Bonchev–Trinajstić information content (AvgIpc) is 2.33. The summed E-state index contributed by atoms with van der Waals surface area (Å²) in [5.74, 6) is 0.787. The van der Waals surface area contributed by atoms with E-state index in [0.717, 1.165) is 38.4 Å². The van der Waals surface area contributed by atoms with E-state index in [1.165, 1.54) is 12.8 Å². The van der Waals surface area contributed by atoms with Crippen LogP contribution in [0, 0.1) is 5.92 Å². The first-order chi connectivity index (χ1) is 7.26. The van der Waals surface area contributed by atoms with E-state index in [-0.39, 0.29) is 24.6 Å². The van der Waals surface area contributed by atoms with Gasteiger partial charge in [-0.1, -0.05) is 13.8 Å². The van der Waals surface area contributed by atoms with Crippen LogP contribution in [0.15, 0.2) is 0 Å². The van der Waals surface area contributed by atoms with Gasteiger partial charge in [0.1, 0.15) is 0 Å². The van der Waals surface area contributed by atoms with Gasteiger partial charge in [0, 0.05) is 5.54 Å². The molecule has 1 rings (SSSR count). The third-order valence-electron chi connectivity index (χ3n) is 3.88. The van der Waals surface area contributed by atoms with Crippen molar-refractivity contribution in [3.05, 3.63) is 0 Å². The third-order valence-corrected chi connectivity index (χ3v) is 3.88. The highest BCUT2D eigenvalue weighted by molar-refractivity contribution is 5.85. The number of nitrogens with one attached hydrogen (secondary N) is 2. The third kappa shape index (κ3) is 4.58. The second-order valence-corrected chi connectivity index (χ2v) is 4.72. The highest BCUT2D eigenvalue weighted by atomic mass is 35.5. The summed E-state index contributed by atoms with van der Waals surface area (Å²) in [5.41, 5.74) is -0.0368. The van der Waals surface area contributed by atoms with E-state index in [1.807, 2.05) is 0 Å². The van der Waals surface area contributed by atoms with Gasteiger partial charge in [-0.3, -0.25) is 0 Å². The summed E-state index contributed by atoms with van der Waals surface area (Å²) in [6.07, 6.45) is 4.54. The normalized spacial score (nSPS) is 18.2. The lowest BCUT2D eigenvalue weighted by molar-refractivity contribution is 0.142. The number of aliphatic hydroxyl groups is 1. The summed E-state index contributed by atoms with van der Waals surface area (Å²) in [7, 11) is 0. The minimum absolute atomic E-state index is 0. The van der Waals surface area contributed by atoms with E-state index >= 15 is 0 Å². The first-order valence-electron chi connectivity index (χ1n) is 6.33. The monoisotopic (exact) mass is 250 g/mol. The Morgan fingerprint density at radius 1 is 1.25 bits per heavy atom. The van der Waals surface area contributed by atoms with Crippen molar-refractivity contribution in [3.8, 4) is 0 Å². The molecule has 0 saturated carbocycles. The zero-order chi connectivity index (χ0) is 11.1. The number of rotatable bonds is 6. The predicted octanol–water partition coefficient (Wildman–Crippen LogP) is 1.55. The molecule has 1 fully saturated rings. The molecule has 0 aromatic heterocycles. The van der Waals surface area contributed by atoms with Crippen LogP contribution in [0.3, 0.4) is 0 Å². The van der Waals surface area contributed by atoms with Gasteiger partial charge in [-0.25, -0.2) is 0 Å². The van der Waals surface area contributed by atoms with Gasteiger partial charge in [0.05, 0.1) is 6.61 Å². The smallest absolute Gasteiger partial charge is 0.0613 e. The first kappa shape index (κ1) is 16.2. The van der Waals surface area contributed by atoms with Crippen molar-refractivity contribution < 1.29 is 5.11 Å². The van der Waals surface area contributed by atoms with Crippen LogP contribution in [0.5, 0.6) is 0 Å². The van der Waals surface area contributed by atoms with Gasteiger partial charge in [-0.15, -0.1) is 12.4 Å². The Morgan fingerprint density at radius 2 is 1.81 bits per heavy atom. The fourth-order valence-corrected chi connectivity index (χ4v) is 2.23. The molecule has 1 aliphatic heterocycles. The molecule has 0 unspecified atom stereocenters. The zero-order valence-electron chi connectivity index (χ0n) is 10.6. The van der Waals surface area contributed by atoms with Gasteiger partial charge < -0.3 is 15.7 Å². The largest absolute Gasteiger partial charge is 0.394 e. The minimum Gasteiger partial charge on any atom is -0.394 e. The van der Waals surface area contributed by atoms with Crippen molar-refractivity contribution >= 4 is 12.4 Å². The molecule has 1 heterocycles. The summed E-state index contributed by atoms with van der Waals surface area (Å²) in [6.45, 7) is 7.91. The van der Waals surface area contributed by atoms with E-state index in [4.69, 9.17) is 0 Å². The maximum absolute atomic E-state index is 9.43. The molecule has 0 bridgehead atoms. The topological polar surface area (TPSA) is 44.3 Å². The number of piperidine rings is 1. The second kappa shape index (κ2) is 8.29. The Hall–Kier alpha value is 0.170. The first-order valence-corrected chi connectivity index (χ1v) is 6.33. The molecule has 0 aromatic rings. The van der Waals surface area contributed by atoms with Crippen LogP contribution in [0.1, 0.15) is 39.5 Å². The summed E-state index contributed by atoms with van der Waals surface area (Å²) >= 11 is 0. The number of hydrogen-bond donors (Lipinski definition) is 3. The molecule has 16 heavy (non-hydrogen) atoms. The van der Waals surface area contributed by atoms with Crippen molar-refractivity contribution in [1.82, 2.24) is 10.6 Å². The Morgan fingerprint density at radius 3 is 2.25 bits per heavy atom. The molecule has 4 heteroatoms. The number of hydrogen-bond acceptors (Lipinski definition) is 3. The molecular weight excluding hydrogens is 224 g/mol. The van der Waals surface area contributed by atoms with Gasteiger partial charge in [0.2, 0.25) is 0 Å². The van der Waals surface area contributed by atoms with Crippen LogP contribution in [-0.4, -0.2) is 36.9 Å². The Kier molecular flexibility index (Phi) is 8.38. The molecule has 0 atom stereocenters. The standard InChI is InChI=1S/C12H26N2O.ClH/c1-3-12(4-2,10-15)14-9-11-5-7-13-8-6-11;/h11,13-15H,3-10H2,1-2H3;1H. The fourth-order valence-electron chi connectivity index (χ4n) is 2.23. The van der Waals surface area contributed by atoms with Crippen LogP contribution in [0.4, 0.5) is 0 Å². The molecule has 3 N–H and O–H groups in total. The molecule has 3 nitrogen and oxygen atoms in total. The minimum atomic E-state index is -0.0368. The van der Waals surface area contributed by atoms with Crippen LogP contribution in [0.25, 0.3) is 0 Å². The van der Waals surface area contributed by atoms with Crippen LogP contribution < -0.4 is 10.6 Å². The summed E-state index contributed by atoms with van der Waals surface area (Å²) < 4.78 is 0. The quantitative estimate of drug-likeness (QED) is 0.670. The van der Waals surface area contributed by atoms with E-state index < -0.39 is 0 Å². The summed E-state index contributed by atoms with van der Waals surface area (Å²) in [5, 5.41) is 16.4. The van der Waals surface area contributed by atoms with Crippen molar-refractivity contribution in [2.24, 2.45) is 5.92 Å². The summed E-state index contributed by atoms with van der Waals surface area (Å²) in [4.78, 5) is 0. The van der Waals surface area contributed by atoms with Gasteiger partial charge in [0.25, 0.3) is 0 Å². The molecule has 0 aromatic carbocycles. The molecule has 0 spiro atoms. The van der Waals surface area contributed by atoms with Gasteiger partial charge in [-0.2, -0.15) is 0 Å². The second-order valence-electron chi connectivity index (χ2n) is 4.72. The highest BCUT2D eigenvalue weighted by Crippen LogP contribution is 2.17.